The minimum atomic E-state index is -1.78. The lowest BCUT2D eigenvalue weighted by atomic mass is 9.76. The molecule has 0 N–H and O–H groups in total. The molecule has 1 unspecified atom stereocenters. The Kier molecular flexibility index (Phi) is 6.26. The van der Waals surface area contributed by atoms with Gasteiger partial charge >= 0.3 is 0 Å². The van der Waals surface area contributed by atoms with Gasteiger partial charge in [0.15, 0.2) is 5.78 Å². The maximum Gasteiger partial charge on any atom is 0.247 e. The Bertz CT molecular complexity index is 1160. The first-order valence-corrected chi connectivity index (χ1v) is 10.4. The minimum absolute atomic E-state index is 0.231. The summed E-state index contributed by atoms with van der Waals surface area (Å²) in [5, 5.41) is 0. The zero-order valence-electron chi connectivity index (χ0n) is 18.0. The Hall–Kier alpha value is -3.60. The number of hydrogen-bond donors (Lipinski definition) is 0. The minimum Gasteiger partial charge on any atom is -0.346 e. The predicted molar refractivity (Wildman–Crippen MR) is 125 cm³/mol. The highest BCUT2D eigenvalue weighted by molar-refractivity contribution is 6.32. The van der Waals surface area contributed by atoms with E-state index in [9.17, 15) is 9.59 Å². The molecule has 0 spiro atoms. The summed E-state index contributed by atoms with van der Waals surface area (Å²) in [6.07, 6.45) is 3.60. The van der Waals surface area contributed by atoms with Crippen LogP contribution >= 0.6 is 0 Å². The number of Topliss-reactive ketones (excluding diaryl/α,β-unsaturated/α-hetero) is 2. The second-order valence-electron chi connectivity index (χ2n) is 7.49. The van der Waals surface area contributed by atoms with Gasteiger partial charge in [-0.25, -0.2) is 0 Å². The zero-order valence-corrected chi connectivity index (χ0v) is 18.0. The fourth-order valence-electron chi connectivity index (χ4n) is 4.17. The van der Waals surface area contributed by atoms with Crippen molar-refractivity contribution in [3.8, 4) is 0 Å². The lowest BCUT2D eigenvalue weighted by molar-refractivity contribution is -0.192. The average molecular weight is 424 g/mol. The Balaban J connectivity index is 1.86. The van der Waals surface area contributed by atoms with Crippen molar-refractivity contribution in [2.75, 3.05) is 14.2 Å². The molecule has 4 heteroatoms. The standard InChI is InChI=1S/C28H24O4/c1-31-28(32-2,27(30)22-16-10-5-11-17-22)24-19-18-23(20-12-6-3-7-13-20)25(26(24)29)21-14-8-4-9-15-21/h3-19,24H,1-2H3. The summed E-state index contributed by atoms with van der Waals surface area (Å²) in [7, 11) is 2.79. The van der Waals surface area contributed by atoms with Crippen LogP contribution in [0.4, 0.5) is 0 Å². The van der Waals surface area contributed by atoms with Gasteiger partial charge in [-0.1, -0.05) is 103 Å². The summed E-state index contributed by atoms with van der Waals surface area (Å²) in [6.45, 7) is 0. The molecule has 0 amide bonds. The van der Waals surface area contributed by atoms with Crippen molar-refractivity contribution in [1.82, 2.24) is 0 Å². The number of rotatable bonds is 7. The number of hydrogen-bond acceptors (Lipinski definition) is 4. The quantitative estimate of drug-likeness (QED) is 0.385. The number of carbonyl (C=O) groups is 2. The molecule has 0 aromatic heterocycles. The van der Waals surface area contributed by atoms with E-state index in [0.29, 0.717) is 11.1 Å². The van der Waals surface area contributed by atoms with Gasteiger partial charge in [0, 0.05) is 25.4 Å². The van der Waals surface area contributed by atoms with Crippen LogP contribution in [-0.4, -0.2) is 31.6 Å². The molecule has 160 valence electrons. The van der Waals surface area contributed by atoms with Crippen molar-refractivity contribution in [3.05, 3.63) is 120 Å². The van der Waals surface area contributed by atoms with Crippen molar-refractivity contribution >= 4 is 22.7 Å². The Morgan fingerprint density at radius 3 is 1.78 bits per heavy atom. The third kappa shape index (κ3) is 3.75. The molecular formula is C28H24O4. The number of ketones is 2. The third-order valence-corrected chi connectivity index (χ3v) is 5.77. The van der Waals surface area contributed by atoms with Crippen LogP contribution in [0.2, 0.25) is 0 Å². The Labute approximate surface area is 187 Å². The Morgan fingerprint density at radius 2 is 1.25 bits per heavy atom. The smallest absolute Gasteiger partial charge is 0.247 e. The molecule has 0 saturated heterocycles. The van der Waals surface area contributed by atoms with E-state index >= 15 is 0 Å². The number of methoxy groups -OCH3 is 2. The molecule has 1 aliphatic rings. The van der Waals surface area contributed by atoms with E-state index in [2.05, 4.69) is 0 Å². The van der Waals surface area contributed by atoms with Gasteiger partial charge in [-0.2, -0.15) is 0 Å². The lowest BCUT2D eigenvalue weighted by Gasteiger charge is -2.36. The van der Waals surface area contributed by atoms with Crippen molar-refractivity contribution in [1.29, 1.82) is 0 Å². The molecule has 1 aliphatic carbocycles. The van der Waals surface area contributed by atoms with Gasteiger partial charge in [-0.15, -0.1) is 0 Å². The predicted octanol–water partition coefficient (Wildman–Crippen LogP) is 5.22. The first-order chi connectivity index (χ1) is 15.6. The van der Waals surface area contributed by atoms with E-state index in [0.717, 1.165) is 16.7 Å². The van der Waals surface area contributed by atoms with E-state index < -0.39 is 17.5 Å². The molecule has 4 rings (SSSR count). The molecule has 0 bridgehead atoms. The van der Waals surface area contributed by atoms with Crippen LogP contribution in [0.3, 0.4) is 0 Å². The van der Waals surface area contributed by atoms with E-state index in [4.69, 9.17) is 9.47 Å². The highest BCUT2D eigenvalue weighted by Crippen LogP contribution is 2.40. The fraction of sp³-hybridized carbons (Fsp3) is 0.143. The van der Waals surface area contributed by atoms with Gasteiger partial charge in [0.25, 0.3) is 0 Å². The van der Waals surface area contributed by atoms with E-state index in [1.165, 1.54) is 14.2 Å². The van der Waals surface area contributed by atoms with E-state index in [1.807, 2.05) is 72.8 Å². The second kappa shape index (κ2) is 9.27. The highest BCUT2D eigenvalue weighted by atomic mass is 16.7. The number of carbonyl (C=O) groups excluding carboxylic acids is 2. The van der Waals surface area contributed by atoms with Crippen LogP contribution in [-0.2, 0) is 14.3 Å². The summed E-state index contributed by atoms with van der Waals surface area (Å²) < 4.78 is 11.3. The fourth-order valence-corrected chi connectivity index (χ4v) is 4.17. The number of ether oxygens (including phenoxy) is 2. The van der Waals surface area contributed by atoms with E-state index in [-0.39, 0.29) is 5.78 Å². The monoisotopic (exact) mass is 424 g/mol. The van der Waals surface area contributed by atoms with Gasteiger partial charge in [0.1, 0.15) is 5.92 Å². The lowest BCUT2D eigenvalue weighted by Crippen LogP contribution is -2.52. The summed E-state index contributed by atoms with van der Waals surface area (Å²) in [5.74, 6) is -3.36. The van der Waals surface area contributed by atoms with Gasteiger partial charge < -0.3 is 9.47 Å². The third-order valence-electron chi connectivity index (χ3n) is 5.77. The molecule has 0 fully saturated rings. The molecule has 1 atom stereocenters. The van der Waals surface area contributed by atoms with Crippen LogP contribution in [0.15, 0.2) is 103 Å². The van der Waals surface area contributed by atoms with Crippen molar-refractivity contribution in [3.63, 3.8) is 0 Å². The molecule has 0 aliphatic heterocycles. The summed E-state index contributed by atoms with van der Waals surface area (Å²) >= 11 is 0. The first-order valence-electron chi connectivity index (χ1n) is 10.4. The number of allylic oxidation sites excluding steroid dienone is 3. The van der Waals surface area contributed by atoms with Crippen LogP contribution in [0.1, 0.15) is 21.5 Å². The zero-order chi connectivity index (χ0) is 22.6. The molecule has 0 saturated carbocycles. The number of benzene rings is 3. The summed E-state index contributed by atoms with van der Waals surface area (Å²) in [5.41, 5.74) is 3.44. The maximum absolute atomic E-state index is 14.0. The maximum atomic E-state index is 14.0. The van der Waals surface area contributed by atoms with Crippen molar-refractivity contribution in [2.45, 2.75) is 5.79 Å². The van der Waals surface area contributed by atoms with Crippen LogP contribution in [0.25, 0.3) is 11.1 Å². The summed E-state index contributed by atoms with van der Waals surface area (Å²) in [6, 6.07) is 27.9. The van der Waals surface area contributed by atoms with Gasteiger partial charge in [-0.3, -0.25) is 9.59 Å². The van der Waals surface area contributed by atoms with Gasteiger partial charge in [0.2, 0.25) is 11.6 Å². The molecule has 0 heterocycles. The van der Waals surface area contributed by atoms with Crippen LogP contribution in [0.5, 0.6) is 0 Å². The SMILES string of the molecule is COC(OC)(C(=O)c1ccccc1)C1C=CC(c2ccccc2)=C(c2ccccc2)C1=O. The Morgan fingerprint density at radius 1 is 0.750 bits per heavy atom. The van der Waals surface area contributed by atoms with E-state index in [1.54, 1.807) is 30.3 Å². The second-order valence-corrected chi connectivity index (χ2v) is 7.49. The topological polar surface area (TPSA) is 52.6 Å². The van der Waals surface area contributed by atoms with Crippen molar-refractivity contribution in [2.24, 2.45) is 5.92 Å². The van der Waals surface area contributed by atoms with Crippen LogP contribution in [0, 0.1) is 5.92 Å². The molecule has 4 nitrogen and oxygen atoms in total. The normalized spacial score (nSPS) is 16.3. The van der Waals surface area contributed by atoms with Gasteiger partial charge in [0.05, 0.1) is 0 Å². The molecular weight excluding hydrogens is 400 g/mol. The van der Waals surface area contributed by atoms with Crippen molar-refractivity contribution < 1.29 is 19.1 Å². The highest BCUT2D eigenvalue weighted by Gasteiger charge is 2.51. The molecule has 3 aromatic carbocycles. The largest absolute Gasteiger partial charge is 0.346 e. The molecule has 32 heavy (non-hydrogen) atoms. The average Bonchev–Trinajstić information content (AvgIpc) is 2.87. The summed E-state index contributed by atoms with van der Waals surface area (Å²) in [4.78, 5) is 27.5. The molecule has 0 radical (unpaired) electrons. The molecule has 3 aromatic rings. The first kappa shape index (κ1) is 21.6. The van der Waals surface area contributed by atoms with Gasteiger partial charge in [-0.05, 0) is 16.7 Å². The van der Waals surface area contributed by atoms with Crippen LogP contribution < -0.4 is 0 Å².